The zero-order chi connectivity index (χ0) is 22.3. The molecule has 2 aliphatic rings. The number of carbonyl (C=O) groups is 2. The van der Waals surface area contributed by atoms with Crippen LogP contribution in [0.3, 0.4) is 0 Å². The highest BCUT2D eigenvalue weighted by atomic mass is 16.2. The molecule has 9 nitrogen and oxygen atoms in total. The lowest BCUT2D eigenvalue weighted by Gasteiger charge is -2.32. The van der Waals surface area contributed by atoms with E-state index in [1.165, 1.54) is 0 Å². The van der Waals surface area contributed by atoms with E-state index in [1.54, 1.807) is 30.7 Å². The molecule has 1 saturated heterocycles. The van der Waals surface area contributed by atoms with Gasteiger partial charge in [0.2, 0.25) is 11.8 Å². The minimum atomic E-state index is -0.246. The zero-order valence-corrected chi connectivity index (χ0v) is 18.5. The van der Waals surface area contributed by atoms with E-state index in [0.29, 0.717) is 43.0 Å². The van der Waals surface area contributed by atoms with Crippen molar-refractivity contribution in [2.24, 2.45) is 0 Å². The molecule has 0 radical (unpaired) electrons. The molecule has 2 aromatic rings. The minimum Gasteiger partial charge on any atom is -0.342 e. The number of aromatic amines is 1. The van der Waals surface area contributed by atoms with Gasteiger partial charge in [0.1, 0.15) is 17.5 Å². The second-order valence-corrected chi connectivity index (χ2v) is 8.47. The predicted molar refractivity (Wildman–Crippen MR) is 115 cm³/mol. The van der Waals surface area contributed by atoms with Crippen LogP contribution in [0.25, 0.3) is 0 Å². The number of hydrogen-bond donors (Lipinski definition) is 1. The third-order valence-electron chi connectivity index (χ3n) is 6.37. The van der Waals surface area contributed by atoms with Crippen LogP contribution >= 0.6 is 0 Å². The number of carbonyl (C=O) groups excluding carboxylic acids is 2. The summed E-state index contributed by atoms with van der Waals surface area (Å²) < 4.78 is 0. The van der Waals surface area contributed by atoms with Crippen LogP contribution in [0, 0.1) is 20.8 Å². The molecule has 2 aliphatic heterocycles. The van der Waals surface area contributed by atoms with Crippen LogP contribution < -0.4 is 10.5 Å². The van der Waals surface area contributed by atoms with Gasteiger partial charge < -0.3 is 9.88 Å². The first-order valence-corrected chi connectivity index (χ1v) is 10.7. The maximum absolute atomic E-state index is 12.8. The van der Waals surface area contributed by atoms with E-state index in [1.807, 2.05) is 6.92 Å². The average Bonchev–Trinajstić information content (AvgIpc) is 2.73. The third-order valence-corrected chi connectivity index (χ3v) is 6.37. The Morgan fingerprint density at radius 2 is 1.74 bits per heavy atom. The van der Waals surface area contributed by atoms with Crippen LogP contribution in [0.1, 0.15) is 59.3 Å². The summed E-state index contributed by atoms with van der Waals surface area (Å²) in [7, 11) is 1.77. The Balaban J connectivity index is 1.45. The minimum absolute atomic E-state index is 0.0560. The number of aryl methyl sites for hydroxylation is 3. The van der Waals surface area contributed by atoms with Crippen LogP contribution in [-0.2, 0) is 22.4 Å². The molecular formula is C22H28N6O3. The number of H-pyrrole nitrogens is 1. The number of hydrogen-bond acceptors (Lipinski definition) is 6. The van der Waals surface area contributed by atoms with Gasteiger partial charge in [-0.15, -0.1) is 0 Å². The van der Waals surface area contributed by atoms with E-state index in [0.717, 1.165) is 35.7 Å². The first-order valence-electron chi connectivity index (χ1n) is 10.7. The van der Waals surface area contributed by atoms with Gasteiger partial charge in [-0.05, 0) is 40.0 Å². The fourth-order valence-corrected chi connectivity index (χ4v) is 4.48. The smallest absolute Gasteiger partial charge is 0.254 e. The van der Waals surface area contributed by atoms with Crippen molar-refractivity contribution < 1.29 is 9.59 Å². The fourth-order valence-electron chi connectivity index (χ4n) is 4.48. The Bertz CT molecular complexity index is 1100. The third kappa shape index (κ3) is 4.08. The molecular weight excluding hydrogens is 396 g/mol. The van der Waals surface area contributed by atoms with Crippen molar-refractivity contribution in [1.29, 1.82) is 0 Å². The molecule has 4 heterocycles. The summed E-state index contributed by atoms with van der Waals surface area (Å²) >= 11 is 0. The van der Waals surface area contributed by atoms with Gasteiger partial charge in [0.05, 0.1) is 6.42 Å². The van der Waals surface area contributed by atoms with Crippen LogP contribution in [0.2, 0.25) is 0 Å². The van der Waals surface area contributed by atoms with Gasteiger partial charge >= 0.3 is 0 Å². The number of piperidine rings is 1. The Labute approximate surface area is 180 Å². The van der Waals surface area contributed by atoms with Crippen LogP contribution in [-0.4, -0.2) is 56.8 Å². The monoisotopic (exact) mass is 424 g/mol. The van der Waals surface area contributed by atoms with Crippen molar-refractivity contribution in [1.82, 2.24) is 24.8 Å². The van der Waals surface area contributed by atoms with E-state index in [4.69, 9.17) is 9.97 Å². The molecule has 0 saturated carbocycles. The molecule has 0 aliphatic carbocycles. The zero-order valence-electron chi connectivity index (χ0n) is 18.5. The topological polar surface area (TPSA) is 112 Å². The lowest BCUT2D eigenvalue weighted by molar-refractivity contribution is -0.131. The molecule has 0 aromatic carbocycles. The van der Waals surface area contributed by atoms with E-state index >= 15 is 0 Å². The van der Waals surface area contributed by atoms with Crippen molar-refractivity contribution in [3.05, 3.63) is 44.5 Å². The average molecular weight is 425 g/mol. The molecule has 0 atom stereocenters. The number of anilines is 1. The molecule has 1 N–H and O–H groups in total. The van der Waals surface area contributed by atoms with Crippen LogP contribution in [0.5, 0.6) is 0 Å². The summed E-state index contributed by atoms with van der Waals surface area (Å²) in [6, 6.07) is 0. The number of rotatable bonds is 3. The van der Waals surface area contributed by atoms with E-state index in [2.05, 4.69) is 9.97 Å². The van der Waals surface area contributed by atoms with E-state index < -0.39 is 0 Å². The molecule has 1 fully saturated rings. The van der Waals surface area contributed by atoms with Crippen molar-refractivity contribution in [3.8, 4) is 0 Å². The predicted octanol–water partition coefficient (Wildman–Crippen LogP) is 1.34. The first-order chi connectivity index (χ1) is 14.7. The highest BCUT2D eigenvalue weighted by Gasteiger charge is 2.30. The summed E-state index contributed by atoms with van der Waals surface area (Å²) in [4.78, 5) is 56.9. The molecule has 9 heteroatoms. The Morgan fingerprint density at radius 1 is 1.03 bits per heavy atom. The van der Waals surface area contributed by atoms with Gasteiger partial charge in [-0.3, -0.25) is 19.3 Å². The number of fused-ring (bicyclic) bond motifs is 1. The molecule has 31 heavy (non-hydrogen) atoms. The lowest BCUT2D eigenvalue weighted by atomic mass is 9.94. The number of nitrogens with one attached hydrogen (secondary N) is 1. The van der Waals surface area contributed by atoms with Crippen molar-refractivity contribution >= 4 is 17.6 Å². The van der Waals surface area contributed by atoms with Gasteiger partial charge in [-0.2, -0.15) is 0 Å². The summed E-state index contributed by atoms with van der Waals surface area (Å²) in [5.41, 5.74) is 2.76. The largest absolute Gasteiger partial charge is 0.342 e. The summed E-state index contributed by atoms with van der Waals surface area (Å²) in [5, 5.41) is 0. The highest BCUT2D eigenvalue weighted by molar-refractivity contribution is 5.94. The number of amides is 2. The summed E-state index contributed by atoms with van der Waals surface area (Å²) in [5.74, 6) is 2.18. The van der Waals surface area contributed by atoms with Crippen LogP contribution in [0.4, 0.5) is 5.82 Å². The second-order valence-electron chi connectivity index (χ2n) is 8.47. The SMILES string of the molecule is Cc1nc(C)c(CC(=O)N2CCC(c3nc(C)c4c(n3)N(C)C(=O)CC4)CC2)c(=O)[nH]1. The number of aromatic nitrogens is 4. The maximum atomic E-state index is 12.8. The number of likely N-dealkylation sites (tertiary alicyclic amines) is 1. The molecule has 2 amide bonds. The highest BCUT2D eigenvalue weighted by Crippen LogP contribution is 2.32. The molecule has 4 rings (SSSR count). The maximum Gasteiger partial charge on any atom is 0.254 e. The molecule has 0 spiro atoms. The summed E-state index contributed by atoms with van der Waals surface area (Å²) in [6.07, 6.45) is 2.74. The standard InChI is InChI=1S/C22H28N6O3/c1-12-16-5-6-18(29)27(4)21(16)26-20(24-12)15-7-9-28(10-8-15)19(30)11-17-13(2)23-14(3)25-22(17)31/h15H,5-11H2,1-4H3,(H,23,25,31). The van der Waals surface area contributed by atoms with Gasteiger partial charge in [-0.25, -0.2) is 15.0 Å². The Morgan fingerprint density at radius 3 is 2.42 bits per heavy atom. The van der Waals surface area contributed by atoms with Gasteiger partial charge in [0, 0.05) is 55.0 Å². The Hall–Kier alpha value is -3.10. The van der Waals surface area contributed by atoms with Gasteiger partial charge in [0.15, 0.2) is 0 Å². The van der Waals surface area contributed by atoms with Crippen LogP contribution in [0.15, 0.2) is 4.79 Å². The number of nitrogens with zero attached hydrogens (tertiary/aromatic N) is 5. The molecule has 2 aromatic heterocycles. The second kappa shape index (κ2) is 8.20. The fraction of sp³-hybridized carbons (Fsp3) is 0.545. The first kappa shape index (κ1) is 21.1. The molecule has 0 bridgehead atoms. The van der Waals surface area contributed by atoms with E-state index in [9.17, 15) is 14.4 Å². The van der Waals surface area contributed by atoms with E-state index in [-0.39, 0.29) is 29.7 Å². The lowest BCUT2D eigenvalue weighted by Crippen LogP contribution is -2.40. The summed E-state index contributed by atoms with van der Waals surface area (Å²) in [6.45, 7) is 6.64. The molecule has 164 valence electrons. The normalized spacial score (nSPS) is 17.1. The quantitative estimate of drug-likeness (QED) is 0.796. The Kier molecular flexibility index (Phi) is 5.60. The van der Waals surface area contributed by atoms with Gasteiger partial charge in [-0.1, -0.05) is 0 Å². The van der Waals surface area contributed by atoms with Crippen molar-refractivity contribution in [2.45, 2.75) is 58.8 Å². The van der Waals surface area contributed by atoms with Crippen molar-refractivity contribution in [2.75, 3.05) is 25.0 Å². The molecule has 0 unspecified atom stereocenters. The van der Waals surface area contributed by atoms with Gasteiger partial charge in [0.25, 0.3) is 5.56 Å². The van der Waals surface area contributed by atoms with Crippen molar-refractivity contribution in [3.63, 3.8) is 0 Å².